The number of carbonyl (C=O) groups is 2. The molecule has 20 heavy (non-hydrogen) atoms. The molecule has 0 saturated carbocycles. The molecule has 0 spiro atoms. The van der Waals surface area contributed by atoms with E-state index in [4.69, 9.17) is 0 Å². The molecular formula is C15H27N3O2. The van der Waals surface area contributed by atoms with Gasteiger partial charge in [0, 0.05) is 32.5 Å². The number of carbonyl (C=O) groups excluding carboxylic acids is 2. The first-order chi connectivity index (χ1) is 9.56. The van der Waals surface area contributed by atoms with Gasteiger partial charge < -0.3 is 15.1 Å². The predicted molar refractivity (Wildman–Crippen MR) is 78.2 cm³/mol. The number of amides is 2. The summed E-state index contributed by atoms with van der Waals surface area (Å²) in [5.74, 6) is 1.03. The largest absolute Gasteiger partial charge is 0.356 e. The molecule has 114 valence electrons. The number of nitrogens with zero attached hydrogens (tertiary/aromatic N) is 2. The van der Waals surface area contributed by atoms with Gasteiger partial charge in [-0.15, -0.1) is 0 Å². The zero-order chi connectivity index (χ0) is 14.5. The maximum atomic E-state index is 12.2. The Bertz CT molecular complexity index is 343. The van der Waals surface area contributed by atoms with E-state index in [1.54, 1.807) is 6.92 Å². The second-order valence-corrected chi connectivity index (χ2v) is 6.27. The van der Waals surface area contributed by atoms with E-state index in [9.17, 15) is 9.59 Å². The van der Waals surface area contributed by atoms with Gasteiger partial charge in [-0.25, -0.2) is 0 Å². The van der Waals surface area contributed by atoms with Crippen LogP contribution in [-0.4, -0.2) is 61.4 Å². The molecule has 0 aromatic rings. The lowest BCUT2D eigenvalue weighted by Gasteiger charge is -2.32. The number of hydrogen-bond acceptors (Lipinski definition) is 3. The summed E-state index contributed by atoms with van der Waals surface area (Å²) in [6.45, 7) is 6.14. The summed E-state index contributed by atoms with van der Waals surface area (Å²) in [4.78, 5) is 27.6. The van der Waals surface area contributed by atoms with Gasteiger partial charge in [-0.05, 0) is 51.7 Å². The van der Waals surface area contributed by atoms with Gasteiger partial charge >= 0.3 is 0 Å². The van der Waals surface area contributed by atoms with Crippen LogP contribution in [-0.2, 0) is 9.59 Å². The molecule has 5 nitrogen and oxygen atoms in total. The summed E-state index contributed by atoms with van der Waals surface area (Å²) in [5, 5.41) is 3.12. The van der Waals surface area contributed by atoms with Crippen molar-refractivity contribution in [3.05, 3.63) is 0 Å². The summed E-state index contributed by atoms with van der Waals surface area (Å²) in [6.07, 6.45) is 3.97. The number of piperidine rings is 2. The monoisotopic (exact) mass is 281 g/mol. The molecule has 0 aliphatic carbocycles. The van der Waals surface area contributed by atoms with Gasteiger partial charge in [0.2, 0.25) is 11.8 Å². The molecular weight excluding hydrogens is 254 g/mol. The second kappa shape index (κ2) is 7.07. The van der Waals surface area contributed by atoms with Crippen LogP contribution in [0.15, 0.2) is 0 Å². The lowest BCUT2D eigenvalue weighted by Crippen LogP contribution is -2.44. The molecule has 2 heterocycles. The zero-order valence-corrected chi connectivity index (χ0v) is 12.7. The van der Waals surface area contributed by atoms with Crippen molar-refractivity contribution in [1.82, 2.24) is 15.1 Å². The fourth-order valence-electron chi connectivity index (χ4n) is 3.11. The van der Waals surface area contributed by atoms with E-state index in [1.807, 2.05) is 4.90 Å². The van der Waals surface area contributed by atoms with Gasteiger partial charge in [0.05, 0.1) is 0 Å². The average molecular weight is 281 g/mol. The third-order valence-electron chi connectivity index (χ3n) is 4.71. The minimum atomic E-state index is 0.0943. The van der Waals surface area contributed by atoms with Crippen LogP contribution in [0.5, 0.6) is 0 Å². The van der Waals surface area contributed by atoms with Crippen molar-refractivity contribution >= 4 is 11.8 Å². The molecule has 0 unspecified atom stereocenters. The van der Waals surface area contributed by atoms with E-state index in [0.717, 1.165) is 45.6 Å². The molecule has 1 N–H and O–H groups in total. The third kappa shape index (κ3) is 4.20. The van der Waals surface area contributed by atoms with E-state index < -0.39 is 0 Å². The summed E-state index contributed by atoms with van der Waals surface area (Å²) >= 11 is 0. The average Bonchev–Trinajstić information content (AvgIpc) is 2.46. The lowest BCUT2D eigenvalue weighted by molar-refractivity contribution is -0.134. The van der Waals surface area contributed by atoms with Crippen LogP contribution in [0, 0.1) is 11.8 Å². The summed E-state index contributed by atoms with van der Waals surface area (Å²) in [5.41, 5.74) is 0. The Balaban J connectivity index is 1.67. The fourth-order valence-corrected chi connectivity index (χ4v) is 3.11. The normalized spacial score (nSPS) is 22.8. The summed E-state index contributed by atoms with van der Waals surface area (Å²) < 4.78 is 0. The van der Waals surface area contributed by atoms with Crippen molar-refractivity contribution in [3.8, 4) is 0 Å². The molecule has 2 saturated heterocycles. The number of rotatable bonds is 3. The Morgan fingerprint density at radius 1 is 1.05 bits per heavy atom. The van der Waals surface area contributed by atoms with Crippen molar-refractivity contribution in [3.63, 3.8) is 0 Å². The Hall–Kier alpha value is -1.10. The van der Waals surface area contributed by atoms with Crippen molar-refractivity contribution in [1.29, 1.82) is 0 Å². The first-order valence-electron chi connectivity index (χ1n) is 7.78. The Morgan fingerprint density at radius 2 is 1.65 bits per heavy atom. The minimum absolute atomic E-state index is 0.0943. The van der Waals surface area contributed by atoms with Crippen molar-refractivity contribution in [2.24, 2.45) is 11.8 Å². The van der Waals surface area contributed by atoms with Crippen molar-refractivity contribution in [2.45, 2.75) is 32.6 Å². The highest BCUT2D eigenvalue weighted by Gasteiger charge is 2.26. The highest BCUT2D eigenvalue weighted by molar-refractivity contribution is 5.79. The summed E-state index contributed by atoms with van der Waals surface area (Å²) in [7, 11) is 2.15. The summed E-state index contributed by atoms with van der Waals surface area (Å²) in [6, 6.07) is 0. The van der Waals surface area contributed by atoms with Crippen LogP contribution in [0.3, 0.4) is 0 Å². The van der Waals surface area contributed by atoms with E-state index in [-0.39, 0.29) is 17.7 Å². The minimum Gasteiger partial charge on any atom is -0.356 e. The number of hydrogen-bond donors (Lipinski definition) is 1. The molecule has 0 atom stereocenters. The Morgan fingerprint density at radius 3 is 2.20 bits per heavy atom. The molecule has 0 bridgehead atoms. The molecule has 0 aromatic carbocycles. The van der Waals surface area contributed by atoms with Gasteiger partial charge in [0.15, 0.2) is 0 Å². The lowest BCUT2D eigenvalue weighted by atomic mass is 9.94. The van der Waals surface area contributed by atoms with Crippen LogP contribution in [0.2, 0.25) is 0 Å². The smallest absolute Gasteiger partial charge is 0.223 e. The van der Waals surface area contributed by atoms with Gasteiger partial charge in [-0.1, -0.05) is 0 Å². The van der Waals surface area contributed by atoms with Crippen LogP contribution in [0.4, 0.5) is 0 Å². The maximum absolute atomic E-state index is 12.2. The zero-order valence-electron chi connectivity index (χ0n) is 12.7. The second-order valence-electron chi connectivity index (χ2n) is 6.27. The van der Waals surface area contributed by atoms with E-state index in [1.165, 1.54) is 12.8 Å². The number of likely N-dealkylation sites (tertiary alicyclic amines) is 2. The molecule has 2 rings (SSSR count). The van der Waals surface area contributed by atoms with Crippen LogP contribution in [0.1, 0.15) is 32.6 Å². The standard InChI is InChI=1S/C15H27N3O2/c1-12(19)18-9-5-14(6-10-18)15(20)16-11-13-3-7-17(2)8-4-13/h13-14H,3-11H2,1-2H3,(H,16,20). The Kier molecular flexibility index (Phi) is 5.40. The molecule has 5 heteroatoms. The molecule has 2 aliphatic rings. The van der Waals surface area contributed by atoms with E-state index in [0.29, 0.717) is 5.92 Å². The van der Waals surface area contributed by atoms with Crippen LogP contribution in [0.25, 0.3) is 0 Å². The van der Waals surface area contributed by atoms with Gasteiger partial charge in [0.1, 0.15) is 0 Å². The van der Waals surface area contributed by atoms with E-state index in [2.05, 4.69) is 17.3 Å². The first kappa shape index (κ1) is 15.3. The molecule has 0 aromatic heterocycles. The SMILES string of the molecule is CC(=O)N1CCC(C(=O)NCC2CCN(C)CC2)CC1. The predicted octanol–water partition coefficient (Wildman–Crippen LogP) is 0.703. The van der Waals surface area contributed by atoms with Gasteiger partial charge in [-0.2, -0.15) is 0 Å². The van der Waals surface area contributed by atoms with Crippen LogP contribution >= 0.6 is 0 Å². The molecule has 2 amide bonds. The van der Waals surface area contributed by atoms with Gasteiger partial charge in [-0.3, -0.25) is 9.59 Å². The first-order valence-corrected chi connectivity index (χ1v) is 7.78. The number of nitrogens with one attached hydrogen (secondary N) is 1. The molecule has 0 radical (unpaired) electrons. The maximum Gasteiger partial charge on any atom is 0.223 e. The quantitative estimate of drug-likeness (QED) is 0.828. The molecule has 2 fully saturated rings. The molecule has 2 aliphatic heterocycles. The Labute approximate surface area is 121 Å². The highest BCUT2D eigenvalue weighted by atomic mass is 16.2. The van der Waals surface area contributed by atoms with E-state index >= 15 is 0 Å². The topological polar surface area (TPSA) is 52.7 Å². The van der Waals surface area contributed by atoms with Crippen molar-refractivity contribution in [2.75, 3.05) is 39.8 Å². The van der Waals surface area contributed by atoms with Crippen LogP contribution < -0.4 is 5.32 Å². The van der Waals surface area contributed by atoms with Crippen molar-refractivity contribution < 1.29 is 9.59 Å². The fraction of sp³-hybridized carbons (Fsp3) is 0.867. The highest BCUT2D eigenvalue weighted by Crippen LogP contribution is 2.19. The third-order valence-corrected chi connectivity index (χ3v) is 4.71. The van der Waals surface area contributed by atoms with Gasteiger partial charge in [0.25, 0.3) is 0 Å².